The van der Waals surface area contributed by atoms with Gasteiger partial charge in [0.15, 0.2) is 0 Å². The van der Waals surface area contributed by atoms with Crippen LogP contribution in [0.4, 0.5) is 0 Å². The van der Waals surface area contributed by atoms with Crippen LogP contribution in [0.5, 0.6) is 0 Å². The summed E-state index contributed by atoms with van der Waals surface area (Å²) in [6.45, 7) is 0. The van der Waals surface area contributed by atoms with Crippen molar-refractivity contribution in [2.24, 2.45) is 0 Å². The summed E-state index contributed by atoms with van der Waals surface area (Å²) in [5.41, 5.74) is 4.02. The molecule has 92 valence electrons. The average molecular weight is 231 g/mol. The Hall–Kier alpha value is -1.35. The van der Waals surface area contributed by atoms with Crippen LogP contribution in [0.25, 0.3) is 11.0 Å². The topological polar surface area (TPSA) is 40.7 Å². The van der Waals surface area contributed by atoms with Gasteiger partial charge in [0, 0.05) is 17.3 Å². The summed E-state index contributed by atoms with van der Waals surface area (Å²) in [4.78, 5) is 7.81. The number of H-pyrrole nitrogens is 1. The van der Waals surface area contributed by atoms with E-state index in [9.17, 15) is 0 Å². The largest absolute Gasteiger partial charge is 0.343 e. The molecule has 0 aromatic carbocycles. The summed E-state index contributed by atoms with van der Waals surface area (Å²) in [5.74, 6) is 0. The van der Waals surface area contributed by atoms with Crippen molar-refractivity contribution < 1.29 is 0 Å². The van der Waals surface area contributed by atoms with Crippen LogP contribution < -0.4 is 5.32 Å². The Morgan fingerprint density at radius 2 is 1.94 bits per heavy atom. The molecule has 0 amide bonds. The maximum absolute atomic E-state index is 4.36. The first-order chi connectivity index (χ1) is 8.36. The molecule has 2 aromatic rings. The Kier molecular flexibility index (Phi) is 4.15. The highest BCUT2D eigenvalue weighted by Crippen LogP contribution is 2.26. The Bertz CT molecular complexity index is 473. The fourth-order valence-electron chi connectivity index (χ4n) is 2.41. The van der Waals surface area contributed by atoms with Crippen LogP contribution in [-0.4, -0.2) is 24.1 Å². The van der Waals surface area contributed by atoms with Crippen molar-refractivity contribution >= 4 is 11.0 Å². The summed E-state index contributed by atoms with van der Waals surface area (Å²) in [6.07, 6.45) is 8.30. The van der Waals surface area contributed by atoms with E-state index in [1.165, 1.54) is 48.7 Å². The first-order valence-electron chi connectivity index (χ1n) is 6.39. The van der Waals surface area contributed by atoms with Gasteiger partial charge in [0.1, 0.15) is 5.65 Å². The molecule has 0 aliphatic heterocycles. The zero-order valence-electron chi connectivity index (χ0n) is 10.7. The van der Waals surface area contributed by atoms with Crippen LogP contribution in [0.15, 0.2) is 18.3 Å². The van der Waals surface area contributed by atoms with Crippen molar-refractivity contribution in [3.8, 4) is 0 Å². The Morgan fingerprint density at radius 3 is 2.76 bits per heavy atom. The Balaban J connectivity index is 0.000000329. The van der Waals surface area contributed by atoms with E-state index in [4.69, 9.17) is 0 Å². The van der Waals surface area contributed by atoms with E-state index in [-0.39, 0.29) is 0 Å². The van der Waals surface area contributed by atoms with Gasteiger partial charge in [-0.1, -0.05) is 6.42 Å². The van der Waals surface area contributed by atoms with E-state index < -0.39 is 0 Å². The lowest BCUT2D eigenvalue weighted by Crippen LogP contribution is -1.89. The number of nitrogens with one attached hydrogen (secondary N) is 2. The van der Waals surface area contributed by atoms with Crippen LogP contribution in [-0.2, 0) is 12.8 Å². The van der Waals surface area contributed by atoms with Crippen LogP contribution in [0, 0.1) is 0 Å². The SMILES string of the molecule is CNC.c1cnc2[nH]c3c(c2c1)CCCCC3. The van der Waals surface area contributed by atoms with Crippen LogP contribution in [0.3, 0.4) is 0 Å². The molecule has 0 saturated carbocycles. The van der Waals surface area contributed by atoms with Crippen molar-refractivity contribution in [3.05, 3.63) is 29.6 Å². The molecule has 2 aromatic heterocycles. The number of hydrogen-bond acceptors (Lipinski definition) is 2. The molecule has 3 heteroatoms. The Labute approximate surface area is 103 Å². The maximum atomic E-state index is 4.36. The lowest BCUT2D eigenvalue weighted by Gasteiger charge is -1.96. The number of aromatic nitrogens is 2. The van der Waals surface area contributed by atoms with Crippen molar-refractivity contribution in [1.29, 1.82) is 0 Å². The molecule has 3 nitrogen and oxygen atoms in total. The zero-order valence-corrected chi connectivity index (χ0v) is 10.7. The van der Waals surface area contributed by atoms with Gasteiger partial charge in [0.2, 0.25) is 0 Å². The van der Waals surface area contributed by atoms with E-state index in [0.717, 1.165) is 5.65 Å². The maximum Gasteiger partial charge on any atom is 0.137 e. The first-order valence-corrected chi connectivity index (χ1v) is 6.39. The fourth-order valence-corrected chi connectivity index (χ4v) is 2.41. The Morgan fingerprint density at radius 1 is 1.18 bits per heavy atom. The smallest absolute Gasteiger partial charge is 0.137 e. The molecule has 0 unspecified atom stereocenters. The fraction of sp³-hybridized carbons (Fsp3) is 0.500. The van der Waals surface area contributed by atoms with Gasteiger partial charge in [-0.2, -0.15) is 0 Å². The predicted octanol–water partition coefficient (Wildman–Crippen LogP) is 2.67. The number of aryl methyl sites for hydroxylation is 2. The number of aromatic amines is 1. The van der Waals surface area contributed by atoms with Gasteiger partial charge in [-0.3, -0.25) is 0 Å². The molecule has 3 rings (SSSR count). The first kappa shape index (κ1) is 12.1. The number of rotatable bonds is 0. The zero-order chi connectivity index (χ0) is 12.1. The van der Waals surface area contributed by atoms with Gasteiger partial charge >= 0.3 is 0 Å². The van der Waals surface area contributed by atoms with Gasteiger partial charge in [0.25, 0.3) is 0 Å². The normalized spacial score (nSPS) is 14.7. The molecule has 0 atom stereocenters. The minimum Gasteiger partial charge on any atom is -0.343 e. The van der Waals surface area contributed by atoms with Crippen molar-refractivity contribution in [3.63, 3.8) is 0 Å². The number of pyridine rings is 1. The molecule has 0 fully saturated rings. The summed E-state index contributed by atoms with van der Waals surface area (Å²) >= 11 is 0. The van der Waals surface area contributed by atoms with Gasteiger partial charge in [-0.15, -0.1) is 0 Å². The van der Waals surface area contributed by atoms with Crippen molar-refractivity contribution in [2.75, 3.05) is 14.1 Å². The second-order valence-electron chi connectivity index (χ2n) is 4.54. The highest BCUT2D eigenvalue weighted by Gasteiger charge is 2.13. The van der Waals surface area contributed by atoms with E-state index >= 15 is 0 Å². The quantitative estimate of drug-likeness (QED) is 0.684. The molecule has 1 aliphatic carbocycles. The van der Waals surface area contributed by atoms with Crippen LogP contribution in [0.1, 0.15) is 30.5 Å². The number of hydrogen-bond donors (Lipinski definition) is 2. The van der Waals surface area contributed by atoms with Crippen molar-refractivity contribution in [2.45, 2.75) is 32.1 Å². The third kappa shape index (κ3) is 2.67. The molecule has 1 aliphatic rings. The van der Waals surface area contributed by atoms with Gasteiger partial charge in [-0.25, -0.2) is 4.98 Å². The molecule has 0 bridgehead atoms. The second-order valence-corrected chi connectivity index (χ2v) is 4.54. The molecule has 2 N–H and O–H groups in total. The summed E-state index contributed by atoms with van der Waals surface area (Å²) in [5, 5.41) is 4.09. The summed E-state index contributed by atoms with van der Waals surface area (Å²) < 4.78 is 0. The number of fused-ring (bicyclic) bond motifs is 3. The molecule has 0 saturated heterocycles. The highest BCUT2D eigenvalue weighted by molar-refractivity contribution is 5.81. The third-order valence-corrected chi connectivity index (χ3v) is 3.12. The monoisotopic (exact) mass is 231 g/mol. The molecular weight excluding hydrogens is 210 g/mol. The molecule has 0 spiro atoms. The van der Waals surface area contributed by atoms with Crippen molar-refractivity contribution in [1.82, 2.24) is 15.3 Å². The highest BCUT2D eigenvalue weighted by atomic mass is 14.9. The van der Waals surface area contributed by atoms with Gasteiger partial charge < -0.3 is 10.3 Å². The average Bonchev–Trinajstić information content (AvgIpc) is 2.53. The molecule has 2 heterocycles. The van der Waals surface area contributed by atoms with Crippen LogP contribution in [0.2, 0.25) is 0 Å². The van der Waals surface area contributed by atoms with E-state index in [1.54, 1.807) is 0 Å². The minimum atomic E-state index is 1.07. The van der Waals surface area contributed by atoms with Gasteiger partial charge in [0.05, 0.1) is 0 Å². The molecule has 0 radical (unpaired) electrons. The minimum absolute atomic E-state index is 1.07. The second kappa shape index (κ2) is 5.82. The number of nitrogens with zero attached hydrogens (tertiary/aromatic N) is 1. The van der Waals surface area contributed by atoms with E-state index in [1.807, 2.05) is 26.4 Å². The van der Waals surface area contributed by atoms with E-state index in [2.05, 4.69) is 21.4 Å². The standard InChI is InChI=1S/C12H14N2.C2H7N/c1-2-5-9-10-6-4-8-13-12(10)14-11(9)7-3-1;1-3-2/h4,6,8H,1-3,5,7H2,(H,13,14);3H,1-2H3. The predicted molar refractivity (Wildman–Crippen MR) is 72.3 cm³/mol. The van der Waals surface area contributed by atoms with E-state index in [0.29, 0.717) is 0 Å². The van der Waals surface area contributed by atoms with Crippen LogP contribution >= 0.6 is 0 Å². The molecule has 17 heavy (non-hydrogen) atoms. The molecular formula is C14H21N3. The third-order valence-electron chi connectivity index (χ3n) is 3.12. The lowest BCUT2D eigenvalue weighted by molar-refractivity contribution is 0.708. The van der Waals surface area contributed by atoms with Gasteiger partial charge in [-0.05, 0) is 57.5 Å². The summed E-state index contributed by atoms with van der Waals surface area (Å²) in [7, 11) is 3.75. The lowest BCUT2D eigenvalue weighted by atomic mass is 10.1. The summed E-state index contributed by atoms with van der Waals surface area (Å²) in [6, 6.07) is 4.21.